The molecule has 28 heavy (non-hydrogen) atoms. The lowest BCUT2D eigenvalue weighted by Gasteiger charge is -2.36. The highest BCUT2D eigenvalue weighted by molar-refractivity contribution is 7.90. The van der Waals surface area contributed by atoms with Gasteiger partial charge in [-0.1, -0.05) is 17.7 Å². The fourth-order valence-corrected chi connectivity index (χ4v) is 3.88. The Morgan fingerprint density at radius 1 is 1.18 bits per heavy atom. The van der Waals surface area contributed by atoms with Crippen LogP contribution in [0.1, 0.15) is 17.0 Å². The number of sulfone groups is 1. The fourth-order valence-electron chi connectivity index (χ4n) is 3.14. The van der Waals surface area contributed by atoms with Gasteiger partial charge in [0.1, 0.15) is 0 Å². The van der Waals surface area contributed by atoms with E-state index in [1.54, 1.807) is 0 Å². The van der Waals surface area contributed by atoms with Gasteiger partial charge in [0.25, 0.3) is 5.91 Å². The Morgan fingerprint density at radius 3 is 2.57 bits per heavy atom. The number of carbonyl (C=O) groups excluding carboxylic acids is 1. The number of nitrogens with one attached hydrogen (secondary N) is 1. The van der Waals surface area contributed by atoms with Crippen molar-refractivity contribution in [3.05, 3.63) is 47.2 Å². The van der Waals surface area contributed by atoms with E-state index >= 15 is 0 Å². The molecule has 0 bridgehead atoms. The first-order chi connectivity index (χ1) is 13.3. The third-order valence-corrected chi connectivity index (χ3v) is 5.84. The molecule has 2 aromatic rings. The summed E-state index contributed by atoms with van der Waals surface area (Å²) in [7, 11) is -3.45. The lowest BCUT2D eigenvalue weighted by atomic mass is 10.2. The van der Waals surface area contributed by atoms with Crippen molar-refractivity contribution < 1.29 is 17.6 Å². The Bertz CT molecular complexity index is 921. The van der Waals surface area contributed by atoms with Gasteiger partial charge in [-0.15, -0.1) is 0 Å². The van der Waals surface area contributed by atoms with E-state index in [4.69, 9.17) is 16.0 Å². The maximum absolute atomic E-state index is 12.0. The molecule has 152 valence electrons. The molecule has 1 aromatic carbocycles. The van der Waals surface area contributed by atoms with Crippen LogP contribution in [0.5, 0.6) is 0 Å². The minimum Gasteiger partial charge on any atom is -0.440 e. The van der Waals surface area contributed by atoms with Gasteiger partial charge in [0.15, 0.2) is 5.76 Å². The normalized spacial score (nSPS) is 15.6. The van der Waals surface area contributed by atoms with Gasteiger partial charge in [0, 0.05) is 49.7 Å². The van der Waals surface area contributed by atoms with Crippen molar-refractivity contribution in [1.29, 1.82) is 0 Å². The Kier molecular flexibility index (Phi) is 6.64. The number of hydrogen-bond donors (Lipinski definition) is 1. The van der Waals surface area contributed by atoms with Gasteiger partial charge in [0.2, 0.25) is 14.9 Å². The summed E-state index contributed by atoms with van der Waals surface area (Å²) >= 11 is 6.06. The summed E-state index contributed by atoms with van der Waals surface area (Å²) in [6, 6.07) is 10.6. The molecule has 0 atom stereocenters. The lowest BCUT2D eigenvalue weighted by Crippen LogP contribution is -2.47. The molecule has 1 saturated heterocycles. The Labute approximate surface area is 170 Å². The van der Waals surface area contributed by atoms with Gasteiger partial charge in [-0.25, -0.2) is 8.42 Å². The van der Waals surface area contributed by atoms with Crippen LogP contribution < -0.4 is 10.2 Å². The molecule has 0 radical (unpaired) electrons. The van der Waals surface area contributed by atoms with Crippen LogP contribution in [0, 0.1) is 0 Å². The number of halogens is 1. The fraction of sp³-hybridized carbons (Fsp3) is 0.421. The smallest absolute Gasteiger partial charge is 0.287 e. The number of amides is 1. The van der Waals surface area contributed by atoms with Crippen LogP contribution in [0.2, 0.25) is 5.02 Å². The van der Waals surface area contributed by atoms with Crippen molar-refractivity contribution in [3.8, 4) is 0 Å². The van der Waals surface area contributed by atoms with Crippen molar-refractivity contribution in [2.45, 2.75) is 11.5 Å². The number of benzene rings is 1. The highest BCUT2D eigenvalue weighted by Gasteiger charge is 2.18. The van der Waals surface area contributed by atoms with E-state index in [0.29, 0.717) is 6.54 Å². The average Bonchev–Trinajstić information content (AvgIpc) is 3.16. The summed E-state index contributed by atoms with van der Waals surface area (Å²) in [5.74, 6) is -0.392. The second kappa shape index (κ2) is 8.98. The van der Waals surface area contributed by atoms with Crippen LogP contribution in [0.15, 0.2) is 45.9 Å². The van der Waals surface area contributed by atoms with Crippen LogP contribution in [-0.2, 0) is 9.84 Å². The largest absolute Gasteiger partial charge is 0.440 e. The molecule has 7 nitrogen and oxygen atoms in total. The molecule has 2 heterocycles. The Hall–Kier alpha value is -2.03. The van der Waals surface area contributed by atoms with Gasteiger partial charge in [-0.05, 0) is 43.3 Å². The third kappa shape index (κ3) is 5.50. The number of nitrogens with zero attached hydrogens (tertiary/aromatic N) is 2. The first-order valence-electron chi connectivity index (χ1n) is 9.14. The topological polar surface area (TPSA) is 82.9 Å². The molecule has 0 unspecified atom stereocenters. The summed E-state index contributed by atoms with van der Waals surface area (Å²) in [6.45, 7) is 5.17. The molecule has 3 rings (SSSR count). The summed E-state index contributed by atoms with van der Waals surface area (Å²) in [6.07, 6.45) is 1.85. The SMILES string of the molecule is CS(=O)(=O)c1ccc(C(=O)NCCCN2CCN(c3cccc(Cl)c3)CC2)o1. The minimum atomic E-state index is -3.45. The van der Waals surface area contributed by atoms with Crippen molar-refractivity contribution in [3.63, 3.8) is 0 Å². The maximum atomic E-state index is 12.0. The van der Waals surface area contributed by atoms with E-state index in [1.165, 1.54) is 12.1 Å². The zero-order chi connectivity index (χ0) is 20.1. The number of piperazine rings is 1. The first kappa shape index (κ1) is 20.7. The molecule has 1 aromatic heterocycles. The van der Waals surface area contributed by atoms with E-state index in [1.807, 2.05) is 18.2 Å². The quantitative estimate of drug-likeness (QED) is 0.685. The molecular formula is C19H24ClN3O4S. The summed E-state index contributed by atoms with van der Waals surface area (Å²) < 4.78 is 27.9. The van der Waals surface area contributed by atoms with E-state index in [-0.39, 0.29) is 10.9 Å². The molecule has 1 fully saturated rings. The van der Waals surface area contributed by atoms with E-state index in [2.05, 4.69) is 21.2 Å². The van der Waals surface area contributed by atoms with Crippen molar-refractivity contribution >= 4 is 33.0 Å². The lowest BCUT2D eigenvalue weighted by molar-refractivity contribution is 0.0918. The van der Waals surface area contributed by atoms with E-state index in [0.717, 1.165) is 56.1 Å². The zero-order valence-electron chi connectivity index (χ0n) is 15.7. The number of anilines is 1. The average molecular weight is 426 g/mol. The Balaban J connectivity index is 1.37. The second-order valence-corrected chi connectivity index (χ2v) is 9.19. The van der Waals surface area contributed by atoms with Crippen LogP contribution in [0.25, 0.3) is 0 Å². The molecule has 0 aliphatic carbocycles. The van der Waals surface area contributed by atoms with E-state index in [9.17, 15) is 13.2 Å². The minimum absolute atomic E-state index is 0.00978. The van der Waals surface area contributed by atoms with Gasteiger partial charge < -0.3 is 14.6 Å². The van der Waals surface area contributed by atoms with Crippen molar-refractivity contribution in [2.24, 2.45) is 0 Å². The predicted molar refractivity (Wildman–Crippen MR) is 109 cm³/mol. The second-order valence-electron chi connectivity index (χ2n) is 6.81. The predicted octanol–water partition coefficient (Wildman–Crippen LogP) is 2.28. The summed E-state index contributed by atoms with van der Waals surface area (Å²) in [5.41, 5.74) is 1.14. The third-order valence-electron chi connectivity index (χ3n) is 4.65. The highest BCUT2D eigenvalue weighted by Crippen LogP contribution is 2.20. The number of carbonyl (C=O) groups is 1. The molecule has 0 spiro atoms. The van der Waals surface area contributed by atoms with Crippen LogP contribution in [0.3, 0.4) is 0 Å². The molecule has 1 aliphatic rings. The van der Waals surface area contributed by atoms with Crippen LogP contribution >= 0.6 is 11.6 Å². The summed E-state index contributed by atoms with van der Waals surface area (Å²) in [4.78, 5) is 16.7. The van der Waals surface area contributed by atoms with Crippen molar-refractivity contribution in [1.82, 2.24) is 10.2 Å². The van der Waals surface area contributed by atoms with Gasteiger partial charge >= 0.3 is 0 Å². The van der Waals surface area contributed by atoms with Crippen LogP contribution in [0.4, 0.5) is 5.69 Å². The maximum Gasteiger partial charge on any atom is 0.287 e. The Morgan fingerprint density at radius 2 is 1.93 bits per heavy atom. The monoisotopic (exact) mass is 425 g/mol. The van der Waals surface area contributed by atoms with Gasteiger partial charge in [-0.2, -0.15) is 0 Å². The molecule has 9 heteroatoms. The molecule has 1 N–H and O–H groups in total. The van der Waals surface area contributed by atoms with Gasteiger partial charge in [0.05, 0.1) is 0 Å². The standard InChI is InChI=1S/C19H24ClN3O4S/c1-28(25,26)18-7-6-17(27-18)19(24)21-8-3-9-22-10-12-23(13-11-22)16-5-2-4-15(20)14-16/h2,4-7,14H,3,8-13H2,1H3,(H,21,24). The molecule has 0 saturated carbocycles. The van der Waals surface area contributed by atoms with Crippen LogP contribution in [-0.4, -0.2) is 64.7 Å². The van der Waals surface area contributed by atoms with E-state index < -0.39 is 15.7 Å². The number of furan rings is 1. The van der Waals surface area contributed by atoms with Crippen molar-refractivity contribution in [2.75, 3.05) is 50.4 Å². The molecule has 1 aliphatic heterocycles. The molecular weight excluding hydrogens is 402 g/mol. The number of hydrogen-bond acceptors (Lipinski definition) is 6. The highest BCUT2D eigenvalue weighted by atomic mass is 35.5. The number of rotatable bonds is 7. The van der Waals surface area contributed by atoms with Gasteiger partial charge in [-0.3, -0.25) is 9.69 Å². The summed E-state index contributed by atoms with van der Waals surface area (Å²) in [5, 5.41) is 3.31. The zero-order valence-corrected chi connectivity index (χ0v) is 17.3. The first-order valence-corrected chi connectivity index (χ1v) is 11.4. The molecule has 1 amide bonds.